The van der Waals surface area contributed by atoms with Crippen LogP contribution >= 0.6 is 0 Å². The fourth-order valence-electron chi connectivity index (χ4n) is 6.10. The smallest absolute Gasteiger partial charge is 0.290 e. The summed E-state index contributed by atoms with van der Waals surface area (Å²) in [7, 11) is 0. The SMILES string of the molecule is CCCCNc1cc(N2CCN(C3CCCCC3)CC2)c2noc3c2c1C(=O)c1ccccc1-3.O=CO. The molecule has 0 unspecified atom stereocenters. The number of anilines is 2. The summed E-state index contributed by atoms with van der Waals surface area (Å²) in [6.07, 6.45) is 9.00. The molecule has 1 aromatic heterocycles. The van der Waals surface area contributed by atoms with E-state index in [2.05, 4.69) is 33.3 Å². The Labute approximate surface area is 217 Å². The molecule has 6 rings (SSSR count). The molecule has 2 aliphatic carbocycles. The highest BCUT2D eigenvalue weighted by Gasteiger charge is 2.34. The third-order valence-electron chi connectivity index (χ3n) is 7.97. The van der Waals surface area contributed by atoms with E-state index in [1.807, 2.05) is 24.3 Å². The van der Waals surface area contributed by atoms with Gasteiger partial charge >= 0.3 is 0 Å². The zero-order chi connectivity index (χ0) is 25.8. The minimum atomic E-state index is -0.250. The van der Waals surface area contributed by atoms with Crippen molar-refractivity contribution in [1.82, 2.24) is 10.1 Å². The van der Waals surface area contributed by atoms with Gasteiger partial charge in [-0.05, 0) is 25.3 Å². The number of unbranched alkanes of at least 4 members (excludes halogenated alkanes) is 1. The fourth-order valence-corrected chi connectivity index (χ4v) is 6.10. The lowest BCUT2D eigenvalue weighted by Crippen LogP contribution is -2.51. The second-order valence-electron chi connectivity index (χ2n) is 10.1. The van der Waals surface area contributed by atoms with E-state index in [-0.39, 0.29) is 12.3 Å². The van der Waals surface area contributed by atoms with Crippen LogP contribution in [0.1, 0.15) is 67.8 Å². The molecule has 0 atom stereocenters. The molecule has 37 heavy (non-hydrogen) atoms. The molecule has 8 heteroatoms. The average Bonchev–Trinajstić information content (AvgIpc) is 3.38. The van der Waals surface area contributed by atoms with Gasteiger partial charge in [-0.3, -0.25) is 14.5 Å². The molecule has 0 spiro atoms. The van der Waals surface area contributed by atoms with Crippen molar-refractivity contribution in [3.8, 4) is 11.3 Å². The number of hydrogen-bond acceptors (Lipinski definition) is 7. The number of rotatable bonds is 6. The minimum Gasteiger partial charge on any atom is -0.483 e. The molecule has 0 bridgehead atoms. The van der Waals surface area contributed by atoms with Gasteiger partial charge in [0.1, 0.15) is 5.52 Å². The summed E-state index contributed by atoms with van der Waals surface area (Å²) in [6.45, 7) is 6.90. The van der Waals surface area contributed by atoms with Gasteiger partial charge in [0.2, 0.25) is 0 Å². The summed E-state index contributed by atoms with van der Waals surface area (Å²) in [5.74, 6) is 0.783. The molecule has 2 heterocycles. The topological polar surface area (TPSA) is 98.9 Å². The molecule has 196 valence electrons. The number of carbonyl (C=O) groups excluding carboxylic acids is 1. The summed E-state index contributed by atoms with van der Waals surface area (Å²) in [4.78, 5) is 27.1. The van der Waals surface area contributed by atoms with E-state index >= 15 is 0 Å². The van der Waals surface area contributed by atoms with Gasteiger partial charge in [-0.25, -0.2) is 0 Å². The number of ketones is 1. The van der Waals surface area contributed by atoms with Crippen molar-refractivity contribution in [3.63, 3.8) is 0 Å². The molecule has 1 saturated heterocycles. The molecule has 0 radical (unpaired) electrons. The van der Waals surface area contributed by atoms with Gasteiger partial charge in [0, 0.05) is 55.6 Å². The first-order chi connectivity index (χ1) is 18.2. The lowest BCUT2D eigenvalue weighted by molar-refractivity contribution is -0.122. The summed E-state index contributed by atoms with van der Waals surface area (Å²) in [5.41, 5.74) is 5.07. The molecular weight excluding hydrogens is 468 g/mol. The predicted octanol–water partition coefficient (Wildman–Crippen LogP) is 5.41. The lowest BCUT2D eigenvalue weighted by atomic mass is 9.86. The second kappa shape index (κ2) is 11.3. The zero-order valence-electron chi connectivity index (χ0n) is 21.5. The minimum absolute atomic E-state index is 0.0592. The van der Waals surface area contributed by atoms with Crippen LogP contribution in [-0.4, -0.2) is 66.2 Å². The maximum atomic E-state index is 13.6. The van der Waals surface area contributed by atoms with Crippen LogP contribution in [0.3, 0.4) is 0 Å². The molecular formula is C29H36N4O4. The Bertz CT molecular complexity index is 1260. The molecule has 1 saturated carbocycles. The monoisotopic (exact) mass is 504 g/mol. The van der Waals surface area contributed by atoms with Crippen molar-refractivity contribution in [1.29, 1.82) is 0 Å². The maximum absolute atomic E-state index is 13.6. The number of carbonyl (C=O) groups is 2. The molecule has 2 N–H and O–H groups in total. The fraction of sp³-hybridized carbons (Fsp3) is 0.483. The predicted molar refractivity (Wildman–Crippen MR) is 146 cm³/mol. The van der Waals surface area contributed by atoms with Gasteiger partial charge in [0.15, 0.2) is 11.5 Å². The highest BCUT2D eigenvalue weighted by atomic mass is 16.5. The van der Waals surface area contributed by atoms with Gasteiger partial charge in [-0.15, -0.1) is 0 Å². The van der Waals surface area contributed by atoms with E-state index in [0.29, 0.717) is 11.1 Å². The normalized spacial score (nSPS) is 17.8. The number of piperazine rings is 1. The Balaban J connectivity index is 0.000000892. The van der Waals surface area contributed by atoms with Crippen LogP contribution in [0.4, 0.5) is 11.4 Å². The molecule has 2 fully saturated rings. The van der Waals surface area contributed by atoms with Crippen molar-refractivity contribution in [2.45, 2.75) is 57.9 Å². The maximum Gasteiger partial charge on any atom is 0.290 e. The van der Waals surface area contributed by atoms with E-state index in [1.165, 1.54) is 32.1 Å². The van der Waals surface area contributed by atoms with Crippen molar-refractivity contribution >= 4 is 34.5 Å². The quantitative estimate of drug-likeness (QED) is 0.266. The van der Waals surface area contributed by atoms with Gasteiger partial charge in [0.25, 0.3) is 6.47 Å². The highest BCUT2D eigenvalue weighted by molar-refractivity contribution is 6.28. The van der Waals surface area contributed by atoms with Crippen LogP contribution in [0.25, 0.3) is 22.2 Å². The van der Waals surface area contributed by atoms with Gasteiger partial charge < -0.3 is 19.8 Å². The molecule has 2 aromatic carbocycles. The Kier molecular flexibility index (Phi) is 7.74. The summed E-state index contributed by atoms with van der Waals surface area (Å²) in [6, 6.07) is 10.6. The number of aromatic nitrogens is 1. The number of hydrogen-bond donors (Lipinski definition) is 2. The number of nitrogens with one attached hydrogen (secondary N) is 1. The number of benzene rings is 2. The number of carboxylic acid groups (broad SMARTS) is 1. The first kappa shape index (κ1) is 25.3. The van der Waals surface area contributed by atoms with Crippen LogP contribution in [0.5, 0.6) is 0 Å². The van der Waals surface area contributed by atoms with Gasteiger partial charge in [0.05, 0.1) is 16.6 Å². The third-order valence-corrected chi connectivity index (χ3v) is 7.97. The Hall–Kier alpha value is -3.39. The summed E-state index contributed by atoms with van der Waals surface area (Å²) in [5, 5.41) is 15.9. The van der Waals surface area contributed by atoms with E-state index in [0.717, 1.165) is 85.2 Å². The Morgan fingerprint density at radius 2 is 1.81 bits per heavy atom. The first-order valence-electron chi connectivity index (χ1n) is 13.6. The van der Waals surface area contributed by atoms with E-state index in [4.69, 9.17) is 14.4 Å². The first-order valence-corrected chi connectivity index (χ1v) is 13.6. The molecule has 8 nitrogen and oxygen atoms in total. The van der Waals surface area contributed by atoms with E-state index in [1.54, 1.807) is 0 Å². The van der Waals surface area contributed by atoms with Gasteiger partial charge in [-0.2, -0.15) is 0 Å². The Morgan fingerprint density at radius 3 is 2.51 bits per heavy atom. The third kappa shape index (κ3) is 4.82. The van der Waals surface area contributed by atoms with Gasteiger partial charge in [-0.1, -0.05) is 62.0 Å². The highest BCUT2D eigenvalue weighted by Crippen LogP contribution is 2.46. The van der Waals surface area contributed by atoms with Crippen molar-refractivity contribution < 1.29 is 19.2 Å². The summed E-state index contributed by atoms with van der Waals surface area (Å²) >= 11 is 0. The van der Waals surface area contributed by atoms with E-state index < -0.39 is 0 Å². The molecule has 1 aliphatic heterocycles. The van der Waals surface area contributed by atoms with Crippen LogP contribution in [0.15, 0.2) is 34.9 Å². The lowest BCUT2D eigenvalue weighted by Gasteiger charge is -2.41. The van der Waals surface area contributed by atoms with Crippen LogP contribution < -0.4 is 10.2 Å². The molecule has 3 aliphatic rings. The molecule has 3 aromatic rings. The summed E-state index contributed by atoms with van der Waals surface area (Å²) < 4.78 is 5.93. The van der Waals surface area contributed by atoms with Crippen molar-refractivity contribution in [2.24, 2.45) is 0 Å². The van der Waals surface area contributed by atoms with Crippen LogP contribution in [-0.2, 0) is 4.79 Å². The number of fused-ring (bicyclic) bond motifs is 2. The van der Waals surface area contributed by atoms with E-state index in [9.17, 15) is 4.79 Å². The van der Waals surface area contributed by atoms with Crippen molar-refractivity contribution in [2.75, 3.05) is 42.9 Å². The number of nitrogens with zero attached hydrogens (tertiary/aromatic N) is 3. The Morgan fingerprint density at radius 1 is 1.11 bits per heavy atom. The van der Waals surface area contributed by atoms with Crippen LogP contribution in [0, 0.1) is 0 Å². The standard InChI is InChI=1S/C28H34N4O2.CH2O2/c1-2-3-13-29-22-18-23(32-16-14-31(15-17-32)19-9-5-4-6-10-19)26-25-24(22)27(33)20-11-7-8-12-21(20)28(25)34-30-26;2-1-3/h7-8,11-12,18-19,29H,2-6,9-10,13-17H2,1H3;1H,(H,2,3). The van der Waals surface area contributed by atoms with Crippen LogP contribution in [0.2, 0.25) is 0 Å². The zero-order valence-corrected chi connectivity index (χ0v) is 21.5. The van der Waals surface area contributed by atoms with Crippen molar-refractivity contribution in [3.05, 3.63) is 41.5 Å². The second-order valence-corrected chi connectivity index (χ2v) is 10.1. The average molecular weight is 505 g/mol. The molecule has 0 amide bonds. The largest absolute Gasteiger partial charge is 0.483 e.